The molecule has 2 N–H and O–H groups in total. The highest BCUT2D eigenvalue weighted by atomic mass is 19.1. The fourth-order valence-corrected chi connectivity index (χ4v) is 2.82. The second-order valence-corrected chi connectivity index (χ2v) is 7.51. The third-order valence-corrected chi connectivity index (χ3v) is 4.20. The second-order valence-electron chi connectivity index (χ2n) is 7.51. The lowest BCUT2D eigenvalue weighted by Crippen LogP contribution is -2.45. The Hall–Kier alpha value is -2.48. The number of amides is 2. The number of hydrogen-bond acceptors (Lipinski definition) is 4. The van der Waals surface area contributed by atoms with Crippen LogP contribution in [0.5, 0.6) is 0 Å². The van der Waals surface area contributed by atoms with Crippen LogP contribution in [0.15, 0.2) is 24.3 Å². The molecule has 0 spiro atoms. The molecule has 2 unspecified atom stereocenters. The van der Waals surface area contributed by atoms with Gasteiger partial charge in [-0.2, -0.15) is 0 Å². The summed E-state index contributed by atoms with van der Waals surface area (Å²) in [5.74, 6) is -3.36. The van der Waals surface area contributed by atoms with Gasteiger partial charge in [0.05, 0.1) is 17.2 Å². The van der Waals surface area contributed by atoms with Gasteiger partial charge >= 0.3 is 5.97 Å². The lowest BCUT2D eigenvalue weighted by atomic mass is 10.1. The zero-order valence-electron chi connectivity index (χ0n) is 15.7. The minimum atomic E-state index is -1.17. The molecule has 0 radical (unpaired) electrons. The Morgan fingerprint density at radius 2 is 2.04 bits per heavy atom. The van der Waals surface area contributed by atoms with Crippen molar-refractivity contribution < 1.29 is 28.6 Å². The summed E-state index contributed by atoms with van der Waals surface area (Å²) in [6.45, 7) is 5.73. The Morgan fingerprint density at radius 1 is 1.37 bits per heavy atom. The number of carbonyl (C=O) groups excluding carboxylic acids is 2. The van der Waals surface area contributed by atoms with Gasteiger partial charge in [0.25, 0.3) is 0 Å². The Balaban J connectivity index is 1.97. The molecule has 7 nitrogen and oxygen atoms in total. The summed E-state index contributed by atoms with van der Waals surface area (Å²) in [4.78, 5) is 37.2. The highest BCUT2D eigenvalue weighted by molar-refractivity contribution is 6.00. The number of aliphatic carboxylic acids is 1. The van der Waals surface area contributed by atoms with Crippen molar-refractivity contribution in [2.45, 2.75) is 45.3 Å². The number of carbonyl (C=O) groups is 3. The maximum Gasteiger partial charge on any atom is 0.326 e. The molecular formula is C19H25FN2O5. The standard InChI is InChI=1S/C19H25FN2O5/c1-19(2,3)27-9-8-14(18(25)26)21-17(24)12-10-16(23)22(11-12)15-7-5-4-6-13(15)20/h4-7,12,14H,8-11H2,1-3H3,(H,21,24)(H,25,26). The molecule has 1 heterocycles. The van der Waals surface area contributed by atoms with E-state index in [2.05, 4.69) is 5.32 Å². The van der Waals surface area contributed by atoms with E-state index in [1.807, 2.05) is 20.8 Å². The summed E-state index contributed by atoms with van der Waals surface area (Å²) >= 11 is 0. The molecule has 27 heavy (non-hydrogen) atoms. The second kappa shape index (κ2) is 8.47. The number of ether oxygens (including phenoxy) is 1. The lowest BCUT2D eigenvalue weighted by molar-refractivity contribution is -0.143. The van der Waals surface area contributed by atoms with E-state index in [9.17, 15) is 23.9 Å². The topological polar surface area (TPSA) is 95.9 Å². The predicted molar refractivity (Wildman–Crippen MR) is 96.7 cm³/mol. The molecule has 0 aromatic heterocycles. The first-order valence-electron chi connectivity index (χ1n) is 8.80. The van der Waals surface area contributed by atoms with Gasteiger partial charge in [-0.05, 0) is 32.9 Å². The zero-order valence-corrected chi connectivity index (χ0v) is 15.7. The van der Waals surface area contributed by atoms with Gasteiger partial charge in [-0.1, -0.05) is 12.1 Å². The molecule has 148 valence electrons. The average molecular weight is 380 g/mol. The average Bonchev–Trinajstić information content (AvgIpc) is 2.95. The van der Waals surface area contributed by atoms with Crippen molar-refractivity contribution in [3.8, 4) is 0 Å². The molecule has 2 rings (SSSR count). The van der Waals surface area contributed by atoms with Crippen LogP contribution in [0.25, 0.3) is 0 Å². The summed E-state index contributed by atoms with van der Waals surface area (Å²) in [5.41, 5.74) is -0.295. The molecule has 0 saturated carbocycles. The van der Waals surface area contributed by atoms with E-state index in [-0.39, 0.29) is 37.6 Å². The summed E-state index contributed by atoms with van der Waals surface area (Å²) in [6.07, 6.45) is 0.0149. The summed E-state index contributed by atoms with van der Waals surface area (Å²) < 4.78 is 19.4. The van der Waals surface area contributed by atoms with Crippen LogP contribution in [0.1, 0.15) is 33.6 Å². The number of carboxylic acid groups (broad SMARTS) is 1. The van der Waals surface area contributed by atoms with Crippen molar-refractivity contribution >= 4 is 23.5 Å². The van der Waals surface area contributed by atoms with Crippen LogP contribution in [0.4, 0.5) is 10.1 Å². The van der Waals surface area contributed by atoms with Crippen LogP contribution in [0.2, 0.25) is 0 Å². The zero-order chi connectivity index (χ0) is 20.2. The Bertz CT molecular complexity index is 716. The van der Waals surface area contributed by atoms with Crippen LogP contribution in [-0.2, 0) is 19.1 Å². The maximum absolute atomic E-state index is 13.9. The van der Waals surface area contributed by atoms with Gasteiger partial charge in [0.2, 0.25) is 11.8 Å². The van der Waals surface area contributed by atoms with Crippen LogP contribution in [0, 0.1) is 11.7 Å². The van der Waals surface area contributed by atoms with Crippen LogP contribution in [0.3, 0.4) is 0 Å². The number of nitrogens with zero attached hydrogens (tertiary/aromatic N) is 1. The van der Waals surface area contributed by atoms with Crippen molar-refractivity contribution in [3.63, 3.8) is 0 Å². The quantitative estimate of drug-likeness (QED) is 0.754. The first-order valence-corrected chi connectivity index (χ1v) is 8.80. The number of hydrogen-bond donors (Lipinski definition) is 2. The van der Waals surface area contributed by atoms with Crippen molar-refractivity contribution in [1.29, 1.82) is 0 Å². The molecule has 1 aliphatic rings. The number of nitrogens with one attached hydrogen (secondary N) is 1. The first kappa shape index (κ1) is 20.8. The molecule has 1 aromatic rings. The van der Waals surface area contributed by atoms with Crippen molar-refractivity contribution in [1.82, 2.24) is 5.32 Å². The molecule has 1 fully saturated rings. The minimum Gasteiger partial charge on any atom is -0.480 e. The smallest absolute Gasteiger partial charge is 0.326 e. The largest absolute Gasteiger partial charge is 0.480 e. The van der Waals surface area contributed by atoms with Crippen LogP contribution >= 0.6 is 0 Å². The van der Waals surface area contributed by atoms with Gasteiger partial charge < -0.3 is 20.1 Å². The summed E-state index contributed by atoms with van der Waals surface area (Å²) in [5, 5.41) is 11.8. The van der Waals surface area contributed by atoms with Gasteiger partial charge in [0, 0.05) is 26.0 Å². The van der Waals surface area contributed by atoms with Gasteiger partial charge in [-0.25, -0.2) is 9.18 Å². The Labute approximate surface area is 157 Å². The molecule has 2 atom stereocenters. The first-order chi connectivity index (χ1) is 12.6. The molecule has 0 aliphatic carbocycles. The van der Waals surface area contributed by atoms with Gasteiger partial charge in [0.15, 0.2) is 0 Å². The maximum atomic E-state index is 13.9. The van der Waals surface area contributed by atoms with E-state index in [0.717, 1.165) is 0 Å². The van der Waals surface area contributed by atoms with Gasteiger partial charge in [-0.15, -0.1) is 0 Å². The van der Waals surface area contributed by atoms with E-state index < -0.39 is 35.3 Å². The van der Waals surface area contributed by atoms with Crippen LogP contribution in [-0.4, -0.2) is 47.7 Å². The third-order valence-electron chi connectivity index (χ3n) is 4.20. The predicted octanol–water partition coefficient (Wildman–Crippen LogP) is 1.95. The van der Waals surface area contributed by atoms with E-state index >= 15 is 0 Å². The van der Waals surface area contributed by atoms with E-state index in [4.69, 9.17) is 4.74 Å². The molecule has 1 aliphatic heterocycles. The van der Waals surface area contributed by atoms with Gasteiger partial charge in [-0.3, -0.25) is 9.59 Å². The monoisotopic (exact) mass is 380 g/mol. The SMILES string of the molecule is CC(C)(C)OCCC(NC(=O)C1CC(=O)N(c2ccccc2F)C1)C(=O)O. The molecule has 2 amide bonds. The van der Waals surface area contributed by atoms with E-state index in [1.54, 1.807) is 6.07 Å². The Morgan fingerprint density at radius 3 is 2.63 bits per heavy atom. The van der Waals surface area contributed by atoms with Gasteiger partial charge in [0.1, 0.15) is 11.9 Å². The van der Waals surface area contributed by atoms with Crippen LogP contribution < -0.4 is 10.2 Å². The van der Waals surface area contributed by atoms with Crippen molar-refractivity contribution in [3.05, 3.63) is 30.1 Å². The number of anilines is 1. The third kappa shape index (κ3) is 5.75. The highest BCUT2D eigenvalue weighted by Crippen LogP contribution is 2.27. The van der Waals surface area contributed by atoms with E-state index in [0.29, 0.717) is 0 Å². The normalized spacial score (nSPS) is 18.4. The minimum absolute atomic E-state index is 0.0103. The number of carboxylic acids is 1. The van der Waals surface area contributed by atoms with E-state index in [1.165, 1.54) is 23.1 Å². The fraction of sp³-hybridized carbons (Fsp3) is 0.526. The fourth-order valence-electron chi connectivity index (χ4n) is 2.82. The molecule has 1 aromatic carbocycles. The number of rotatable bonds is 7. The molecule has 8 heteroatoms. The summed E-state index contributed by atoms with van der Waals surface area (Å²) in [6, 6.07) is 4.72. The number of benzene rings is 1. The Kier molecular flexibility index (Phi) is 6.54. The molecule has 1 saturated heterocycles. The highest BCUT2D eigenvalue weighted by Gasteiger charge is 2.37. The number of para-hydroxylation sites is 1. The lowest BCUT2D eigenvalue weighted by Gasteiger charge is -2.22. The van der Waals surface area contributed by atoms with Crippen molar-refractivity contribution in [2.24, 2.45) is 5.92 Å². The molecular weight excluding hydrogens is 355 g/mol. The van der Waals surface area contributed by atoms with Crippen molar-refractivity contribution in [2.75, 3.05) is 18.1 Å². The summed E-state index contributed by atoms with van der Waals surface area (Å²) in [7, 11) is 0. The number of halogens is 1. The molecule has 0 bridgehead atoms.